The Kier molecular flexibility index (Phi) is 10.0. The Balaban J connectivity index is 1.49. The zero-order chi connectivity index (χ0) is 27.5. The van der Waals surface area contributed by atoms with Crippen molar-refractivity contribution in [1.29, 1.82) is 0 Å². The van der Waals surface area contributed by atoms with Gasteiger partial charge in [-0.25, -0.2) is 9.59 Å². The normalized spacial score (nSPS) is 11.2. The van der Waals surface area contributed by atoms with E-state index in [9.17, 15) is 14.4 Å². The number of halogens is 1. The number of alkyl carbamates (subject to hydrolysis) is 1. The minimum atomic E-state index is -0.923. The summed E-state index contributed by atoms with van der Waals surface area (Å²) in [5, 5.41) is 5.58. The predicted molar refractivity (Wildman–Crippen MR) is 155 cm³/mol. The van der Waals surface area contributed by atoms with E-state index in [-0.39, 0.29) is 19.6 Å². The highest BCUT2D eigenvalue weighted by atomic mass is 127. The molecule has 0 radical (unpaired) electrons. The first-order chi connectivity index (χ1) is 19.0. The molecule has 39 heavy (non-hydrogen) atoms. The Labute approximate surface area is 240 Å². The molecule has 4 rings (SSSR count). The number of carbonyl (C=O) groups excluding carboxylic acids is 3. The van der Waals surface area contributed by atoms with E-state index in [1.54, 1.807) is 30.5 Å². The molecule has 0 aliphatic heterocycles. The molecule has 8 nitrogen and oxygen atoms in total. The van der Waals surface area contributed by atoms with E-state index in [4.69, 9.17) is 7.80 Å². The Morgan fingerprint density at radius 1 is 0.821 bits per heavy atom. The molecular weight excluding hydrogens is 609 g/mol. The van der Waals surface area contributed by atoms with Crippen LogP contribution in [0.3, 0.4) is 0 Å². The first kappa shape index (κ1) is 27.8. The first-order valence-electron chi connectivity index (χ1n) is 12.2. The Morgan fingerprint density at radius 3 is 2.26 bits per heavy atom. The van der Waals surface area contributed by atoms with E-state index in [2.05, 4.69) is 15.6 Å². The fourth-order valence-electron chi connectivity index (χ4n) is 4.01. The molecule has 1 unspecified atom stereocenters. The molecule has 2 amide bonds. The number of pyridine rings is 1. The lowest BCUT2D eigenvalue weighted by molar-refractivity contribution is -0.133. The summed E-state index contributed by atoms with van der Waals surface area (Å²) in [4.78, 5) is 42.5. The zero-order valence-electron chi connectivity index (χ0n) is 20.9. The minimum Gasteiger partial charge on any atom is -0.445 e. The van der Waals surface area contributed by atoms with Crippen LogP contribution in [-0.4, -0.2) is 29.0 Å². The molecule has 4 aromatic rings. The summed E-state index contributed by atoms with van der Waals surface area (Å²) in [5.41, 5.74) is 4.14. The van der Waals surface area contributed by atoms with E-state index in [0.717, 1.165) is 16.7 Å². The molecule has 0 saturated heterocycles. The highest BCUT2D eigenvalue weighted by molar-refractivity contribution is 14.1. The van der Waals surface area contributed by atoms with E-state index in [1.165, 1.54) is 23.0 Å². The van der Waals surface area contributed by atoms with Crippen LogP contribution >= 0.6 is 23.0 Å². The third-order valence-electron chi connectivity index (χ3n) is 5.92. The molecule has 0 aliphatic carbocycles. The van der Waals surface area contributed by atoms with Crippen LogP contribution in [0.1, 0.15) is 27.2 Å². The van der Waals surface area contributed by atoms with Crippen molar-refractivity contribution < 1.29 is 22.2 Å². The lowest BCUT2D eigenvalue weighted by Gasteiger charge is -2.18. The summed E-state index contributed by atoms with van der Waals surface area (Å²) in [6.07, 6.45) is 1.26. The van der Waals surface area contributed by atoms with Gasteiger partial charge in [0.2, 0.25) is 0 Å². The van der Waals surface area contributed by atoms with Gasteiger partial charge in [0.1, 0.15) is 12.6 Å². The second-order valence-electron chi connectivity index (χ2n) is 8.57. The summed E-state index contributed by atoms with van der Waals surface area (Å²) in [6.45, 7) is 0.361. The van der Waals surface area contributed by atoms with Crippen LogP contribution in [0.2, 0.25) is 0 Å². The molecule has 1 atom stereocenters. The molecule has 3 aromatic carbocycles. The molecule has 198 valence electrons. The van der Waals surface area contributed by atoms with Gasteiger partial charge >= 0.3 is 12.1 Å². The number of carbonyl (C=O) groups is 3. The van der Waals surface area contributed by atoms with Gasteiger partial charge in [-0.05, 0) is 40.5 Å². The smallest absolute Gasteiger partial charge is 0.407 e. The van der Waals surface area contributed by atoms with Gasteiger partial charge in [-0.2, -0.15) is 0 Å². The van der Waals surface area contributed by atoms with Crippen molar-refractivity contribution in [2.24, 2.45) is 0 Å². The quantitative estimate of drug-likeness (QED) is 0.226. The van der Waals surface area contributed by atoms with E-state index >= 15 is 0 Å². The van der Waals surface area contributed by atoms with Crippen LogP contribution in [0.15, 0.2) is 103 Å². The molecule has 0 bridgehead atoms. The van der Waals surface area contributed by atoms with Crippen molar-refractivity contribution >= 4 is 41.0 Å². The number of aromatic nitrogens is 1. The second-order valence-corrected chi connectivity index (χ2v) is 9.01. The zero-order valence-corrected chi connectivity index (χ0v) is 23.0. The number of hydrogen-bond acceptors (Lipinski definition) is 6. The Morgan fingerprint density at radius 2 is 1.51 bits per heavy atom. The summed E-state index contributed by atoms with van der Waals surface area (Å²) < 4.78 is 10.2. The van der Waals surface area contributed by atoms with Crippen LogP contribution in [0.25, 0.3) is 11.1 Å². The maximum absolute atomic E-state index is 13.4. The minimum absolute atomic E-state index is 0.163. The number of nitrogens with one attached hydrogen (secondary N) is 2. The predicted octanol–water partition coefficient (Wildman–Crippen LogP) is 5.41. The number of rotatable bonds is 10. The lowest BCUT2D eigenvalue weighted by Crippen LogP contribution is -2.42. The fourth-order valence-corrected chi connectivity index (χ4v) is 4.31. The lowest BCUT2D eigenvalue weighted by atomic mass is 9.94. The monoisotopic (exact) mass is 635 g/mol. The van der Waals surface area contributed by atoms with Crippen molar-refractivity contribution in [3.05, 3.63) is 126 Å². The molecule has 0 fully saturated rings. The van der Waals surface area contributed by atoms with Crippen LogP contribution < -0.4 is 10.6 Å². The number of amides is 2. The van der Waals surface area contributed by atoms with Gasteiger partial charge in [0, 0.05) is 30.4 Å². The van der Waals surface area contributed by atoms with Gasteiger partial charge < -0.3 is 18.4 Å². The molecule has 1 aromatic heterocycles. The van der Waals surface area contributed by atoms with Gasteiger partial charge in [-0.15, -0.1) is 0 Å². The SMILES string of the molecule is O=C(NCc1ccccc1-c1ccccc1C(=O)NC(Cc1ccccn1)C(=O)OI)OCc1ccccc1. The standard InChI is InChI=1S/C30H26IN3O5/c31-39-29(36)27(18-23-13-8-9-17-32-23)34-28(35)26-16-7-6-15-25(26)24-14-5-4-12-22(24)19-33-30(37)38-20-21-10-2-1-3-11-21/h1-17,27H,18-20H2,(H,33,37)(H,34,35). The van der Waals surface area contributed by atoms with Gasteiger partial charge in [-0.1, -0.05) is 78.9 Å². The van der Waals surface area contributed by atoms with Gasteiger partial charge in [0.15, 0.2) is 23.0 Å². The fraction of sp³-hybridized carbons (Fsp3) is 0.133. The number of hydrogen-bond donors (Lipinski definition) is 2. The molecule has 1 heterocycles. The van der Waals surface area contributed by atoms with E-state index < -0.39 is 24.0 Å². The Bertz CT molecular complexity index is 1420. The van der Waals surface area contributed by atoms with Gasteiger partial charge in [0.05, 0.1) is 0 Å². The molecule has 2 N–H and O–H groups in total. The maximum atomic E-state index is 13.4. The van der Waals surface area contributed by atoms with Crippen LogP contribution in [0.5, 0.6) is 0 Å². The first-order valence-corrected chi connectivity index (χ1v) is 13.1. The number of ether oxygens (including phenoxy) is 1. The topological polar surface area (TPSA) is 107 Å². The average molecular weight is 635 g/mol. The molecular formula is C30H26IN3O5. The highest BCUT2D eigenvalue weighted by Gasteiger charge is 2.25. The summed E-state index contributed by atoms with van der Waals surface area (Å²) >= 11 is 1.51. The van der Waals surface area contributed by atoms with E-state index in [1.807, 2.05) is 72.8 Å². The van der Waals surface area contributed by atoms with Gasteiger partial charge in [-0.3, -0.25) is 9.78 Å². The second kappa shape index (κ2) is 14.1. The number of nitrogens with zero attached hydrogens (tertiary/aromatic N) is 1. The molecule has 0 saturated carbocycles. The Hall–Kier alpha value is -4.25. The van der Waals surface area contributed by atoms with E-state index in [0.29, 0.717) is 16.8 Å². The van der Waals surface area contributed by atoms with Gasteiger partial charge in [0.25, 0.3) is 5.91 Å². The molecule has 0 spiro atoms. The number of benzene rings is 3. The van der Waals surface area contributed by atoms with Crippen molar-refractivity contribution in [3.63, 3.8) is 0 Å². The molecule has 9 heteroatoms. The third-order valence-corrected chi connectivity index (χ3v) is 6.35. The summed E-state index contributed by atoms with van der Waals surface area (Å²) in [5.74, 6) is -1.01. The average Bonchev–Trinajstić information content (AvgIpc) is 2.99. The highest BCUT2D eigenvalue weighted by Crippen LogP contribution is 2.27. The summed E-state index contributed by atoms with van der Waals surface area (Å²) in [7, 11) is 0. The molecule has 0 aliphatic rings. The third kappa shape index (κ3) is 7.87. The van der Waals surface area contributed by atoms with Crippen LogP contribution in [0.4, 0.5) is 4.79 Å². The van der Waals surface area contributed by atoms with Crippen molar-refractivity contribution in [1.82, 2.24) is 15.6 Å². The maximum Gasteiger partial charge on any atom is 0.407 e. The van der Waals surface area contributed by atoms with Crippen molar-refractivity contribution in [3.8, 4) is 11.1 Å². The van der Waals surface area contributed by atoms with Crippen LogP contribution in [-0.2, 0) is 32.2 Å². The largest absolute Gasteiger partial charge is 0.445 e. The summed E-state index contributed by atoms with van der Waals surface area (Å²) in [6, 6.07) is 28.4. The van der Waals surface area contributed by atoms with Crippen molar-refractivity contribution in [2.45, 2.75) is 25.6 Å². The van der Waals surface area contributed by atoms with Crippen LogP contribution in [0, 0.1) is 0 Å². The van der Waals surface area contributed by atoms with Crippen molar-refractivity contribution in [2.75, 3.05) is 0 Å².